The predicted molar refractivity (Wildman–Crippen MR) is 62.6 cm³/mol. The molecule has 0 aromatic rings. The van der Waals surface area contributed by atoms with Gasteiger partial charge in [0, 0.05) is 25.2 Å². The topological polar surface area (TPSA) is 15.3 Å². The van der Waals surface area contributed by atoms with E-state index >= 15 is 0 Å². The normalized spacial score (nSPS) is 19.3. The highest BCUT2D eigenvalue weighted by Gasteiger charge is 2.25. The van der Waals surface area contributed by atoms with Crippen LogP contribution in [0.1, 0.15) is 40.0 Å². The van der Waals surface area contributed by atoms with E-state index in [1.807, 2.05) is 0 Å². The lowest BCUT2D eigenvalue weighted by atomic mass is 10.1. The summed E-state index contributed by atoms with van der Waals surface area (Å²) in [6.07, 6.45) is 4.17. The van der Waals surface area contributed by atoms with E-state index in [0.29, 0.717) is 6.04 Å². The maximum Gasteiger partial charge on any atom is 0.0215 e. The van der Waals surface area contributed by atoms with E-state index in [4.69, 9.17) is 0 Å². The fraction of sp³-hybridized carbons (Fsp3) is 1.00. The second kappa shape index (κ2) is 5.72. The van der Waals surface area contributed by atoms with Gasteiger partial charge in [-0.3, -0.25) is 0 Å². The summed E-state index contributed by atoms with van der Waals surface area (Å²) in [6.45, 7) is 9.16. The molecule has 1 unspecified atom stereocenters. The predicted octanol–water partition coefficient (Wildman–Crippen LogP) is 2.10. The second-order valence-corrected chi connectivity index (χ2v) is 5.01. The van der Waals surface area contributed by atoms with Crippen LogP contribution in [0, 0.1) is 5.92 Å². The van der Waals surface area contributed by atoms with Crippen LogP contribution in [-0.4, -0.2) is 37.1 Å². The molecule has 1 fully saturated rings. The molecule has 2 heteroatoms. The summed E-state index contributed by atoms with van der Waals surface area (Å²) >= 11 is 0. The van der Waals surface area contributed by atoms with Gasteiger partial charge < -0.3 is 10.2 Å². The van der Waals surface area contributed by atoms with Crippen LogP contribution in [0.25, 0.3) is 0 Å². The van der Waals surface area contributed by atoms with Crippen molar-refractivity contribution in [1.82, 2.24) is 10.2 Å². The Bertz CT molecular complexity index is 152. The monoisotopic (exact) mass is 198 g/mol. The molecule has 1 atom stereocenters. The first-order valence-electron chi connectivity index (χ1n) is 6.07. The third-order valence-electron chi connectivity index (χ3n) is 3.10. The molecule has 1 N–H and O–H groups in total. The molecule has 1 aliphatic carbocycles. The van der Waals surface area contributed by atoms with Crippen LogP contribution in [0.15, 0.2) is 0 Å². The van der Waals surface area contributed by atoms with Crippen LogP contribution in [0.3, 0.4) is 0 Å². The van der Waals surface area contributed by atoms with Crippen LogP contribution in [-0.2, 0) is 0 Å². The molecule has 0 aromatic heterocycles. The molecular formula is C12H26N2. The van der Waals surface area contributed by atoms with Crippen LogP contribution < -0.4 is 5.32 Å². The number of likely N-dealkylation sites (N-methyl/N-ethyl adjacent to an activating group) is 1. The lowest BCUT2D eigenvalue weighted by Gasteiger charge is -2.28. The molecule has 0 aliphatic heterocycles. The Kier molecular flexibility index (Phi) is 4.90. The van der Waals surface area contributed by atoms with Gasteiger partial charge in [0.15, 0.2) is 0 Å². The second-order valence-electron chi connectivity index (χ2n) is 5.01. The zero-order chi connectivity index (χ0) is 10.6. The van der Waals surface area contributed by atoms with Gasteiger partial charge in [-0.25, -0.2) is 0 Å². The van der Waals surface area contributed by atoms with Gasteiger partial charge in [-0.2, -0.15) is 0 Å². The van der Waals surface area contributed by atoms with Crippen molar-refractivity contribution in [3.63, 3.8) is 0 Å². The summed E-state index contributed by atoms with van der Waals surface area (Å²) in [5.41, 5.74) is 0. The summed E-state index contributed by atoms with van der Waals surface area (Å²) in [5, 5.41) is 3.53. The van der Waals surface area contributed by atoms with E-state index in [2.05, 4.69) is 38.0 Å². The van der Waals surface area contributed by atoms with Gasteiger partial charge in [0.1, 0.15) is 0 Å². The smallest absolute Gasteiger partial charge is 0.0215 e. The number of nitrogens with zero attached hydrogens (tertiary/aromatic N) is 1. The zero-order valence-corrected chi connectivity index (χ0v) is 10.2. The molecule has 0 aromatic carbocycles. The molecule has 0 radical (unpaired) electrons. The third-order valence-corrected chi connectivity index (χ3v) is 3.10. The van der Waals surface area contributed by atoms with E-state index in [1.165, 1.54) is 25.8 Å². The van der Waals surface area contributed by atoms with Gasteiger partial charge in [0.2, 0.25) is 0 Å². The Hall–Kier alpha value is -0.0800. The van der Waals surface area contributed by atoms with Gasteiger partial charge in [0.25, 0.3) is 0 Å². The zero-order valence-electron chi connectivity index (χ0n) is 10.2. The SMILES string of the molecule is CCC(CNC(C)C)N(C)CC1CC1. The quantitative estimate of drug-likeness (QED) is 0.674. The fourth-order valence-electron chi connectivity index (χ4n) is 1.84. The average molecular weight is 198 g/mol. The van der Waals surface area contributed by atoms with Crippen molar-refractivity contribution in [1.29, 1.82) is 0 Å². The molecule has 14 heavy (non-hydrogen) atoms. The Morgan fingerprint density at radius 3 is 2.43 bits per heavy atom. The van der Waals surface area contributed by atoms with Crippen LogP contribution in [0.5, 0.6) is 0 Å². The molecule has 1 rings (SSSR count). The number of nitrogens with one attached hydrogen (secondary N) is 1. The minimum atomic E-state index is 0.610. The molecule has 2 nitrogen and oxygen atoms in total. The minimum absolute atomic E-state index is 0.610. The van der Waals surface area contributed by atoms with Crippen molar-refractivity contribution in [2.45, 2.75) is 52.1 Å². The van der Waals surface area contributed by atoms with E-state index in [1.54, 1.807) is 0 Å². The fourth-order valence-corrected chi connectivity index (χ4v) is 1.84. The number of hydrogen-bond donors (Lipinski definition) is 1. The summed E-state index contributed by atoms with van der Waals surface area (Å²) in [5.74, 6) is 1.01. The van der Waals surface area contributed by atoms with Crippen molar-refractivity contribution >= 4 is 0 Å². The molecule has 1 aliphatic rings. The summed E-state index contributed by atoms with van der Waals surface area (Å²) in [4.78, 5) is 2.53. The summed E-state index contributed by atoms with van der Waals surface area (Å²) < 4.78 is 0. The lowest BCUT2D eigenvalue weighted by molar-refractivity contribution is 0.218. The molecule has 0 saturated heterocycles. The summed E-state index contributed by atoms with van der Waals surface area (Å²) in [6, 6.07) is 1.33. The molecule has 84 valence electrons. The first kappa shape index (κ1) is 12.0. The molecule has 0 bridgehead atoms. The average Bonchev–Trinajstić information content (AvgIpc) is 2.88. The third kappa shape index (κ3) is 4.43. The summed E-state index contributed by atoms with van der Waals surface area (Å²) in [7, 11) is 2.27. The van der Waals surface area contributed by atoms with E-state index in [-0.39, 0.29) is 0 Å². The van der Waals surface area contributed by atoms with Crippen molar-refractivity contribution < 1.29 is 0 Å². The lowest BCUT2D eigenvalue weighted by Crippen LogP contribution is -2.42. The van der Waals surface area contributed by atoms with Crippen molar-refractivity contribution in [3.05, 3.63) is 0 Å². The van der Waals surface area contributed by atoms with Gasteiger partial charge in [-0.05, 0) is 32.2 Å². The molecule has 1 saturated carbocycles. The van der Waals surface area contributed by atoms with E-state index < -0.39 is 0 Å². The molecule has 0 spiro atoms. The standard InChI is InChI=1S/C12H26N2/c1-5-12(8-13-10(2)3)14(4)9-11-6-7-11/h10-13H,5-9H2,1-4H3. The van der Waals surface area contributed by atoms with Crippen LogP contribution in [0.4, 0.5) is 0 Å². The number of rotatable bonds is 7. The molecule has 0 heterocycles. The van der Waals surface area contributed by atoms with Gasteiger partial charge in [-0.1, -0.05) is 20.8 Å². The maximum atomic E-state index is 3.53. The Labute approximate surface area is 89.1 Å². The Morgan fingerprint density at radius 2 is 2.00 bits per heavy atom. The van der Waals surface area contributed by atoms with Gasteiger partial charge in [-0.15, -0.1) is 0 Å². The Balaban J connectivity index is 2.20. The number of hydrogen-bond acceptors (Lipinski definition) is 2. The largest absolute Gasteiger partial charge is 0.313 e. The Morgan fingerprint density at radius 1 is 1.36 bits per heavy atom. The van der Waals surface area contributed by atoms with Gasteiger partial charge in [0.05, 0.1) is 0 Å². The van der Waals surface area contributed by atoms with Crippen molar-refractivity contribution in [3.8, 4) is 0 Å². The first-order chi connectivity index (χ1) is 6.63. The van der Waals surface area contributed by atoms with Crippen molar-refractivity contribution in [2.75, 3.05) is 20.1 Å². The maximum absolute atomic E-state index is 3.53. The highest BCUT2D eigenvalue weighted by atomic mass is 15.2. The molecular weight excluding hydrogens is 172 g/mol. The van der Waals surface area contributed by atoms with E-state index in [0.717, 1.165) is 18.5 Å². The highest BCUT2D eigenvalue weighted by molar-refractivity contribution is 4.80. The van der Waals surface area contributed by atoms with Crippen molar-refractivity contribution in [2.24, 2.45) is 5.92 Å². The van der Waals surface area contributed by atoms with Gasteiger partial charge >= 0.3 is 0 Å². The first-order valence-corrected chi connectivity index (χ1v) is 6.07. The highest BCUT2D eigenvalue weighted by Crippen LogP contribution is 2.29. The minimum Gasteiger partial charge on any atom is -0.313 e. The van der Waals surface area contributed by atoms with Crippen LogP contribution in [0.2, 0.25) is 0 Å². The van der Waals surface area contributed by atoms with Crippen LogP contribution >= 0.6 is 0 Å². The molecule has 0 amide bonds. The van der Waals surface area contributed by atoms with E-state index in [9.17, 15) is 0 Å².